The molecule has 0 amide bonds. The normalized spacial score (nSPS) is 19.9. The zero-order valence-corrected chi connectivity index (χ0v) is 30.7. The van der Waals surface area contributed by atoms with Gasteiger partial charge in [0.15, 0.2) is 11.6 Å². The van der Waals surface area contributed by atoms with Crippen LogP contribution in [0.25, 0.3) is 111 Å². The van der Waals surface area contributed by atoms with Crippen LogP contribution in [0.1, 0.15) is 50.7 Å². The van der Waals surface area contributed by atoms with E-state index in [2.05, 4.69) is 15.0 Å². The minimum absolute atomic E-state index is 0.613. The minimum Gasteiger partial charge on any atom is -0.307 e. The summed E-state index contributed by atoms with van der Waals surface area (Å²) in [5.74, 6) is -3.29. The lowest BCUT2D eigenvalue weighted by atomic mass is 9.98. The highest BCUT2D eigenvalue weighted by molar-refractivity contribution is 6.24. The fraction of sp³-hybridized carbons (Fsp3) is 0. The molecule has 0 saturated heterocycles. The average Bonchev–Trinajstić information content (AvgIpc) is 1.51. The lowest BCUT2D eigenvalue weighted by Gasteiger charge is -2.17. The molecule has 0 N–H and O–H groups in total. The van der Waals surface area contributed by atoms with Crippen LogP contribution in [0.4, 0.5) is 0 Å². The Morgan fingerprint density at radius 2 is 0.710 bits per heavy atom. The molecule has 0 radical (unpaired) electrons. The van der Waals surface area contributed by atoms with Gasteiger partial charge in [-0.05, 0) is 45.9 Å². The van der Waals surface area contributed by atoms with Crippen molar-refractivity contribution in [3.05, 3.63) is 224 Å². The number of aromatic nitrogens is 5. The topological polar surface area (TPSA) is 48.5 Å². The number of hydrogen-bond acceptors (Lipinski definition) is 3. The van der Waals surface area contributed by atoms with E-state index in [9.17, 15) is 20.6 Å². The van der Waals surface area contributed by atoms with Crippen LogP contribution >= 0.6 is 0 Å². The average molecular weight is 829 g/mol. The Balaban J connectivity index is 1.42. The lowest BCUT2D eigenvalue weighted by Crippen LogP contribution is -2.07. The van der Waals surface area contributed by atoms with E-state index in [0.29, 0.717) is 9.13 Å². The number of hydrogen-bond donors (Lipinski definition) is 0. The van der Waals surface area contributed by atoms with E-state index < -0.39 is 335 Å². The van der Waals surface area contributed by atoms with Crippen LogP contribution in [0.3, 0.4) is 0 Å². The van der Waals surface area contributed by atoms with E-state index in [-0.39, 0.29) is 0 Å². The highest BCUT2D eigenvalue weighted by Gasteiger charge is 2.25. The second-order valence-corrected chi connectivity index (χ2v) is 12.8. The number of fused-ring (bicyclic) bond motifs is 7. The van der Waals surface area contributed by atoms with Gasteiger partial charge >= 0.3 is 0 Å². The molecule has 0 unspecified atom stereocenters. The summed E-state index contributed by atoms with van der Waals surface area (Å²) in [6.45, 7) is 0. The molecule has 0 fully saturated rings. The van der Waals surface area contributed by atoms with Gasteiger partial charge in [0.1, 0.15) is 0 Å². The maximum Gasteiger partial charge on any atom is 0.238 e. The van der Waals surface area contributed by atoms with Gasteiger partial charge in [0.25, 0.3) is 0 Å². The van der Waals surface area contributed by atoms with E-state index in [1.807, 2.05) is 0 Å². The van der Waals surface area contributed by atoms with Gasteiger partial charge in [-0.2, -0.15) is 9.97 Å². The molecule has 3 aromatic heterocycles. The van der Waals surface area contributed by atoms with Gasteiger partial charge in [0, 0.05) is 38.2 Å². The van der Waals surface area contributed by atoms with E-state index >= 15 is 0 Å². The molecule has 0 saturated carbocycles. The van der Waals surface area contributed by atoms with Gasteiger partial charge < -0.3 is 4.57 Å². The molecule has 0 bridgehead atoms. The summed E-state index contributed by atoms with van der Waals surface area (Å²) in [6.07, 6.45) is 0. The van der Waals surface area contributed by atoms with Crippen molar-refractivity contribution in [2.24, 2.45) is 0 Å². The monoisotopic (exact) mass is 829 g/mol. The summed E-state index contributed by atoms with van der Waals surface area (Å²) in [5.41, 5.74) is -12.5. The summed E-state index contributed by atoms with van der Waals surface area (Å²) >= 11 is 0. The van der Waals surface area contributed by atoms with Crippen LogP contribution < -0.4 is 0 Å². The molecule has 0 aliphatic rings. The maximum absolute atomic E-state index is 10.4. The smallest absolute Gasteiger partial charge is 0.238 e. The van der Waals surface area contributed by atoms with E-state index in [1.165, 1.54) is 0 Å². The molecule has 9 aromatic carbocycles. The molecule has 12 rings (SSSR count). The lowest BCUT2D eigenvalue weighted by molar-refractivity contribution is 0.953. The Morgan fingerprint density at radius 3 is 1.29 bits per heavy atom. The molecule has 0 aliphatic heterocycles. The number of nitrogens with zero attached hydrogens (tertiary/aromatic N) is 5. The fourth-order valence-electron chi connectivity index (χ4n) is 6.83. The zero-order chi connectivity index (χ0) is 73.2. The second kappa shape index (κ2) is 14.7. The Labute approximate surface area is 410 Å². The van der Waals surface area contributed by atoms with Crippen molar-refractivity contribution in [1.29, 1.82) is 0 Å². The second-order valence-electron chi connectivity index (χ2n) is 12.8. The molecule has 5 nitrogen and oxygen atoms in total. The number of rotatable bonds is 7. The van der Waals surface area contributed by atoms with Crippen molar-refractivity contribution in [2.75, 3.05) is 0 Å². The Morgan fingerprint density at radius 1 is 0.306 bits per heavy atom. The van der Waals surface area contributed by atoms with Crippen molar-refractivity contribution in [2.45, 2.75) is 0 Å². The van der Waals surface area contributed by atoms with Crippen molar-refractivity contribution in [1.82, 2.24) is 24.1 Å². The van der Waals surface area contributed by atoms with Crippen molar-refractivity contribution < 1.29 is 50.7 Å². The molecular formula is C57H37N5. The molecule has 0 spiro atoms. The first-order valence-corrected chi connectivity index (χ1v) is 17.9. The van der Waals surface area contributed by atoms with E-state index in [0.717, 1.165) is 0 Å². The minimum atomic E-state index is -1.30. The van der Waals surface area contributed by atoms with E-state index in [4.69, 9.17) is 30.2 Å². The van der Waals surface area contributed by atoms with Crippen LogP contribution in [-0.4, -0.2) is 24.1 Å². The van der Waals surface area contributed by atoms with Crippen molar-refractivity contribution in [3.8, 4) is 67.8 Å². The SMILES string of the molecule is [2H]c1c([2H])c([2H])c(-c2nc(-c3c([2H])c([2H])c(-c4c([2H])c([2H])c([2H])c([2H])c4[2H])c([2H])c3[2H])nc(-n3c4c([2H])c([2H])c([2H])c([2H])c4c4c([2H])c([2H])c5c6c([2H])c([2H])c([2H])c([2H])c6n(-c6c([2H])c(-c7c([2H])c([2H])c([2H])c([2H])c7[2H])c([2H])c([2H])c6-c6c([2H])c([2H])c([2H])c([2H])c6[2H])c5c43)n2)c([2H])c1[2H]. The fourth-order valence-corrected chi connectivity index (χ4v) is 6.83. The van der Waals surface area contributed by atoms with Crippen molar-refractivity contribution >= 4 is 43.6 Å². The molecule has 0 aliphatic carbocycles. The maximum atomic E-state index is 10.4. The zero-order valence-electron chi connectivity index (χ0n) is 67.7. The Kier molecular flexibility index (Phi) is 3.40. The van der Waals surface area contributed by atoms with Crippen LogP contribution in [0.15, 0.2) is 224 Å². The number of benzene rings is 9. The Bertz CT molecular complexity index is 5690. The van der Waals surface area contributed by atoms with Crippen molar-refractivity contribution in [3.63, 3.8) is 0 Å². The van der Waals surface area contributed by atoms with Crippen LogP contribution in [0, 0.1) is 0 Å². The summed E-state index contributed by atoms with van der Waals surface area (Å²) in [6, 6.07) is -40.2. The van der Waals surface area contributed by atoms with Gasteiger partial charge in [-0.3, -0.25) is 4.57 Å². The first kappa shape index (κ1) is 14.4. The first-order valence-electron chi connectivity index (χ1n) is 36.4. The van der Waals surface area contributed by atoms with Crippen LogP contribution in [0.2, 0.25) is 0 Å². The van der Waals surface area contributed by atoms with Gasteiger partial charge in [-0.1, -0.05) is 205 Å². The third kappa shape index (κ3) is 5.90. The van der Waals surface area contributed by atoms with Gasteiger partial charge in [-0.25, -0.2) is 4.98 Å². The quantitative estimate of drug-likeness (QED) is 0.161. The Hall–Kier alpha value is -8.41. The summed E-state index contributed by atoms with van der Waals surface area (Å²) in [7, 11) is 0. The molecule has 5 heteroatoms. The van der Waals surface area contributed by atoms with Crippen LogP contribution in [-0.2, 0) is 0 Å². The third-order valence-corrected chi connectivity index (χ3v) is 9.40. The molecule has 290 valence electrons. The standard InChI is InChI=1S/C57H37N5/c1-5-17-38(18-6-1)40-29-31-43(32-30-40)56-58-55(42-23-11-4-12-24-42)59-57(60-56)62-51-28-16-14-26-47(51)49-36-35-48-46-25-13-15-27-50(46)61(53(48)54(49)62)52-37-44(39-19-7-2-8-20-39)33-34-45(52)41-21-9-3-10-22-41/h1-37H/i1D,2D,3D,4D,5D,6D,7D,8D,9D,10D,11D,12D,13D,14D,15D,16D,17D,18D,19D,20D,21D,22D,23D,24D,25D,26D,27D,28D,29D,30D,31D,32D,33D,34D,35D,36D,37D. The van der Waals surface area contributed by atoms with Gasteiger partial charge in [0.05, 0.1) is 78.5 Å². The third-order valence-electron chi connectivity index (χ3n) is 9.40. The summed E-state index contributed by atoms with van der Waals surface area (Å²) in [4.78, 5) is 13.4. The molecule has 0 atom stereocenters. The predicted molar refractivity (Wildman–Crippen MR) is 256 cm³/mol. The van der Waals surface area contributed by atoms with E-state index in [1.54, 1.807) is 0 Å². The van der Waals surface area contributed by atoms with Gasteiger partial charge in [0.2, 0.25) is 5.95 Å². The van der Waals surface area contributed by atoms with Crippen LogP contribution in [0.5, 0.6) is 0 Å². The molecular weight excluding hydrogens is 755 g/mol. The molecule has 12 aromatic rings. The summed E-state index contributed by atoms with van der Waals surface area (Å²) in [5, 5.41) is -3.21. The van der Waals surface area contributed by atoms with Gasteiger partial charge in [-0.15, -0.1) is 0 Å². The predicted octanol–water partition coefficient (Wildman–Crippen LogP) is 14.4. The highest BCUT2D eigenvalue weighted by atomic mass is 15.2. The first-order chi connectivity index (χ1) is 46.1. The molecule has 3 heterocycles. The summed E-state index contributed by atoms with van der Waals surface area (Å²) < 4.78 is 339. The largest absolute Gasteiger partial charge is 0.307 e. The highest BCUT2D eigenvalue weighted by Crippen LogP contribution is 2.44. The number of para-hydroxylation sites is 2. The molecule has 62 heavy (non-hydrogen) atoms.